The van der Waals surface area contributed by atoms with Crippen LogP contribution in [-0.2, 0) is 0 Å². The van der Waals surface area contributed by atoms with Crippen molar-refractivity contribution in [3.05, 3.63) is 96.1 Å². The van der Waals surface area contributed by atoms with Crippen LogP contribution in [0.5, 0.6) is 0 Å². The normalized spacial score (nSPS) is 8.30. The highest BCUT2D eigenvalue weighted by atomic mass is 14.9. The van der Waals surface area contributed by atoms with Gasteiger partial charge in [0.1, 0.15) is 0 Å². The maximum atomic E-state index is 8.75. The first-order valence-corrected chi connectivity index (χ1v) is 9.53. The van der Waals surface area contributed by atoms with Gasteiger partial charge < -0.3 is 5.32 Å². The molecule has 2 nitrogen and oxygen atoms in total. The van der Waals surface area contributed by atoms with Gasteiger partial charge in [-0.05, 0) is 37.3 Å². The number of aryl methyl sites for hydroxylation is 1. The van der Waals surface area contributed by atoms with Crippen LogP contribution in [0.3, 0.4) is 0 Å². The summed E-state index contributed by atoms with van der Waals surface area (Å²) in [6.07, 6.45) is 1.25. The van der Waals surface area contributed by atoms with E-state index in [0.717, 1.165) is 11.4 Å². The molecule has 0 unspecified atom stereocenters. The molecule has 0 radical (unpaired) electrons. The van der Waals surface area contributed by atoms with Crippen LogP contribution in [-0.4, -0.2) is 0 Å². The Kier molecular flexibility index (Phi) is 14.6. The Morgan fingerprint density at radius 1 is 0.741 bits per heavy atom. The van der Waals surface area contributed by atoms with Crippen LogP contribution in [0.15, 0.2) is 84.9 Å². The molecule has 3 aromatic rings. The molecule has 0 saturated heterocycles. The zero-order valence-electron chi connectivity index (χ0n) is 17.2. The molecule has 1 N–H and O–H groups in total. The fourth-order valence-corrected chi connectivity index (χ4v) is 1.89. The summed E-state index contributed by atoms with van der Waals surface area (Å²) in [5.41, 5.74) is 3.94. The Balaban J connectivity index is 0.000000470. The molecule has 0 spiro atoms. The fourth-order valence-electron chi connectivity index (χ4n) is 1.89. The number of hydrogen-bond acceptors (Lipinski definition) is 2. The van der Waals surface area contributed by atoms with Crippen LogP contribution >= 0.6 is 0 Å². The van der Waals surface area contributed by atoms with E-state index in [1.807, 2.05) is 80.6 Å². The van der Waals surface area contributed by atoms with E-state index >= 15 is 0 Å². The second kappa shape index (κ2) is 16.4. The molecule has 0 atom stereocenters. The van der Waals surface area contributed by atoms with Crippen molar-refractivity contribution in [3.8, 4) is 6.07 Å². The molecule has 3 rings (SSSR count). The lowest BCUT2D eigenvalue weighted by Crippen LogP contribution is -1.89. The van der Waals surface area contributed by atoms with Gasteiger partial charge >= 0.3 is 0 Å². The summed E-state index contributed by atoms with van der Waals surface area (Å²) in [7, 11) is 0. The van der Waals surface area contributed by atoms with Crippen LogP contribution in [0.25, 0.3) is 0 Å². The second-order valence-electron chi connectivity index (χ2n) is 5.55. The number of rotatable bonds is 2. The van der Waals surface area contributed by atoms with Gasteiger partial charge in [-0.15, -0.1) is 0 Å². The Labute approximate surface area is 165 Å². The van der Waals surface area contributed by atoms with Crippen molar-refractivity contribution in [2.45, 2.75) is 41.0 Å². The number of nitrogens with one attached hydrogen (secondary N) is 1. The van der Waals surface area contributed by atoms with Crippen molar-refractivity contribution in [1.82, 2.24) is 0 Å². The van der Waals surface area contributed by atoms with Crippen LogP contribution in [0.4, 0.5) is 11.4 Å². The monoisotopic (exact) mass is 360 g/mol. The Hall–Kier alpha value is -3.05. The highest BCUT2D eigenvalue weighted by molar-refractivity contribution is 5.60. The molecule has 27 heavy (non-hydrogen) atoms. The maximum absolute atomic E-state index is 8.75. The molecular weight excluding hydrogens is 328 g/mol. The molecule has 0 heterocycles. The second-order valence-corrected chi connectivity index (χ2v) is 5.55. The smallest absolute Gasteiger partial charge is 0.0992 e. The van der Waals surface area contributed by atoms with Gasteiger partial charge in [-0.2, -0.15) is 5.26 Å². The fraction of sp³-hybridized carbons (Fsp3) is 0.240. The molecule has 0 aliphatic rings. The SMILES string of the molecule is CC.CCC.Cc1ccccc1.N#Cc1cccc(Nc2ccccc2)c1. The third-order valence-corrected chi connectivity index (χ3v) is 2.99. The van der Waals surface area contributed by atoms with Gasteiger partial charge in [0.2, 0.25) is 0 Å². The lowest BCUT2D eigenvalue weighted by Gasteiger charge is -2.05. The molecular formula is C25H32N2. The molecule has 0 aromatic heterocycles. The number of hydrogen-bond donors (Lipinski definition) is 1. The van der Waals surface area contributed by atoms with Crippen molar-refractivity contribution in [1.29, 1.82) is 5.26 Å². The van der Waals surface area contributed by atoms with Gasteiger partial charge in [-0.25, -0.2) is 0 Å². The summed E-state index contributed by atoms with van der Waals surface area (Å²) in [6, 6.07) is 29.7. The molecule has 0 fully saturated rings. The van der Waals surface area contributed by atoms with Crippen LogP contribution in [0.2, 0.25) is 0 Å². The van der Waals surface area contributed by atoms with Gasteiger partial charge in [0.15, 0.2) is 0 Å². The predicted molar refractivity (Wildman–Crippen MR) is 119 cm³/mol. The van der Waals surface area contributed by atoms with Gasteiger partial charge in [0.25, 0.3) is 0 Å². The summed E-state index contributed by atoms with van der Waals surface area (Å²) < 4.78 is 0. The highest BCUT2D eigenvalue weighted by Gasteiger charge is 1.94. The van der Waals surface area contributed by atoms with Crippen LogP contribution < -0.4 is 5.32 Å². The van der Waals surface area contributed by atoms with Gasteiger partial charge in [0.05, 0.1) is 11.6 Å². The average molecular weight is 361 g/mol. The van der Waals surface area contributed by atoms with Crippen molar-refractivity contribution >= 4 is 11.4 Å². The van der Waals surface area contributed by atoms with Crippen molar-refractivity contribution < 1.29 is 0 Å². The molecule has 0 amide bonds. The van der Waals surface area contributed by atoms with E-state index in [1.54, 1.807) is 6.07 Å². The van der Waals surface area contributed by atoms with E-state index in [1.165, 1.54) is 12.0 Å². The van der Waals surface area contributed by atoms with Crippen molar-refractivity contribution in [2.75, 3.05) is 5.32 Å². The van der Waals surface area contributed by atoms with Crippen LogP contribution in [0, 0.1) is 18.3 Å². The highest BCUT2D eigenvalue weighted by Crippen LogP contribution is 2.16. The molecule has 0 aliphatic heterocycles. The number of anilines is 2. The Morgan fingerprint density at radius 3 is 1.67 bits per heavy atom. The summed E-state index contributed by atoms with van der Waals surface area (Å²) in [5, 5.41) is 12.0. The first kappa shape index (κ1) is 24.0. The Morgan fingerprint density at radius 2 is 1.22 bits per heavy atom. The van der Waals surface area contributed by atoms with Crippen LogP contribution in [0.1, 0.15) is 45.2 Å². The van der Waals surface area contributed by atoms with E-state index in [9.17, 15) is 0 Å². The zero-order valence-corrected chi connectivity index (χ0v) is 17.2. The quantitative estimate of drug-likeness (QED) is 0.507. The first-order valence-electron chi connectivity index (χ1n) is 9.53. The predicted octanol–water partition coefficient (Wildman–Crippen LogP) is 7.74. The van der Waals surface area contributed by atoms with Gasteiger partial charge in [0, 0.05) is 11.4 Å². The lowest BCUT2D eigenvalue weighted by molar-refractivity contribution is 1.09. The van der Waals surface area contributed by atoms with Crippen molar-refractivity contribution in [2.24, 2.45) is 0 Å². The van der Waals surface area contributed by atoms with E-state index in [-0.39, 0.29) is 0 Å². The minimum absolute atomic E-state index is 0.663. The van der Waals surface area contributed by atoms with Gasteiger partial charge in [-0.1, -0.05) is 94.3 Å². The molecule has 0 saturated carbocycles. The average Bonchev–Trinajstić information content (AvgIpc) is 2.72. The number of benzene rings is 3. The minimum atomic E-state index is 0.663. The number of para-hydroxylation sites is 1. The topological polar surface area (TPSA) is 35.8 Å². The van der Waals surface area contributed by atoms with E-state index < -0.39 is 0 Å². The third kappa shape index (κ3) is 12.0. The summed E-state index contributed by atoms with van der Waals surface area (Å²) >= 11 is 0. The summed E-state index contributed by atoms with van der Waals surface area (Å²) in [6.45, 7) is 10.3. The van der Waals surface area contributed by atoms with E-state index in [0.29, 0.717) is 5.56 Å². The molecule has 142 valence electrons. The summed E-state index contributed by atoms with van der Waals surface area (Å²) in [5.74, 6) is 0. The molecule has 3 aromatic carbocycles. The minimum Gasteiger partial charge on any atom is -0.355 e. The lowest BCUT2D eigenvalue weighted by atomic mass is 10.2. The maximum Gasteiger partial charge on any atom is 0.0992 e. The van der Waals surface area contributed by atoms with E-state index in [2.05, 4.69) is 44.3 Å². The number of nitrogens with zero attached hydrogens (tertiary/aromatic N) is 1. The number of nitriles is 1. The van der Waals surface area contributed by atoms with Crippen molar-refractivity contribution in [3.63, 3.8) is 0 Å². The molecule has 0 bridgehead atoms. The Bertz CT molecular complexity index is 744. The zero-order chi connectivity index (χ0) is 20.3. The van der Waals surface area contributed by atoms with Gasteiger partial charge in [-0.3, -0.25) is 0 Å². The first-order chi connectivity index (χ1) is 13.2. The molecule has 0 aliphatic carbocycles. The third-order valence-electron chi connectivity index (χ3n) is 2.99. The largest absolute Gasteiger partial charge is 0.355 e. The standard InChI is InChI=1S/C13H10N2.C7H8.C3H8.C2H6/c14-10-11-5-4-8-13(9-11)15-12-6-2-1-3-7-12;1-7-5-3-2-4-6-7;1-3-2;1-2/h1-9,15H;2-6H,1H3;3H2,1-2H3;1-2H3. The van der Waals surface area contributed by atoms with E-state index in [4.69, 9.17) is 5.26 Å². The summed E-state index contributed by atoms with van der Waals surface area (Å²) in [4.78, 5) is 0. The molecule has 2 heteroatoms.